The molecule has 0 amide bonds. The molecular weight excluding hydrogens is 350 g/mol. The van der Waals surface area contributed by atoms with Crippen molar-refractivity contribution in [1.82, 2.24) is 34.7 Å². The van der Waals surface area contributed by atoms with E-state index in [4.69, 9.17) is 0 Å². The van der Waals surface area contributed by atoms with Crippen LogP contribution in [0.5, 0.6) is 0 Å². The maximum absolute atomic E-state index is 4.43. The third-order valence-corrected chi connectivity index (χ3v) is 5.10. The van der Waals surface area contributed by atoms with E-state index in [1.54, 1.807) is 0 Å². The zero-order valence-corrected chi connectivity index (χ0v) is 15.5. The fourth-order valence-electron chi connectivity index (χ4n) is 3.63. The largest absolute Gasteiger partial charge is 0.310 e. The van der Waals surface area contributed by atoms with Crippen molar-refractivity contribution >= 4 is 0 Å². The molecule has 140 valence electrons. The van der Waals surface area contributed by atoms with Gasteiger partial charge in [-0.2, -0.15) is 0 Å². The highest BCUT2D eigenvalue weighted by Gasteiger charge is 2.20. The Labute approximate surface area is 163 Å². The molecule has 7 heteroatoms. The van der Waals surface area contributed by atoms with Gasteiger partial charge < -0.3 is 4.57 Å². The Kier molecular flexibility index (Phi) is 4.42. The van der Waals surface area contributed by atoms with Gasteiger partial charge in [0.15, 0.2) is 5.82 Å². The summed E-state index contributed by atoms with van der Waals surface area (Å²) in [5.41, 5.74) is 3.11. The minimum Gasteiger partial charge on any atom is -0.310 e. The van der Waals surface area contributed by atoms with E-state index in [0.29, 0.717) is 0 Å². The first kappa shape index (κ1) is 16.8. The molecule has 2 aromatic heterocycles. The SMILES string of the molecule is c1ccc(-c2nnc3n2CCN(Cc2cn(-c4ccccc4)nn2)CC3)cc1. The highest BCUT2D eigenvalue weighted by atomic mass is 15.4. The first-order valence-corrected chi connectivity index (χ1v) is 9.53. The Hall–Kier alpha value is -3.32. The van der Waals surface area contributed by atoms with Crippen LogP contribution in [-0.2, 0) is 19.5 Å². The van der Waals surface area contributed by atoms with E-state index in [0.717, 1.165) is 61.2 Å². The standard InChI is InChI=1S/C21H21N7/c1-3-7-17(8-4-1)21-24-23-20-11-12-26(13-14-27(20)21)15-18-16-28(25-22-18)19-9-5-2-6-10-19/h1-10,16H,11-15H2. The molecule has 3 heterocycles. The fourth-order valence-corrected chi connectivity index (χ4v) is 3.63. The molecule has 0 saturated carbocycles. The van der Waals surface area contributed by atoms with Crippen LogP contribution in [0.1, 0.15) is 11.5 Å². The van der Waals surface area contributed by atoms with Gasteiger partial charge in [-0.05, 0) is 12.1 Å². The van der Waals surface area contributed by atoms with Gasteiger partial charge in [0.25, 0.3) is 0 Å². The lowest BCUT2D eigenvalue weighted by Gasteiger charge is -2.17. The van der Waals surface area contributed by atoms with Crippen LogP contribution >= 0.6 is 0 Å². The van der Waals surface area contributed by atoms with Crippen molar-refractivity contribution in [2.24, 2.45) is 0 Å². The Morgan fingerprint density at radius 1 is 0.786 bits per heavy atom. The molecular formula is C21H21N7. The second-order valence-corrected chi connectivity index (χ2v) is 6.97. The van der Waals surface area contributed by atoms with Crippen molar-refractivity contribution in [2.75, 3.05) is 13.1 Å². The Bertz CT molecular complexity index is 1050. The molecule has 0 fully saturated rings. The van der Waals surface area contributed by atoms with E-state index in [-0.39, 0.29) is 0 Å². The normalized spacial score (nSPS) is 14.6. The molecule has 0 saturated heterocycles. The van der Waals surface area contributed by atoms with Gasteiger partial charge in [0, 0.05) is 38.2 Å². The number of aromatic nitrogens is 6. The van der Waals surface area contributed by atoms with Gasteiger partial charge in [-0.15, -0.1) is 15.3 Å². The van der Waals surface area contributed by atoms with Gasteiger partial charge in [-0.3, -0.25) is 4.90 Å². The minimum atomic E-state index is 0.783. The quantitative estimate of drug-likeness (QED) is 0.552. The van der Waals surface area contributed by atoms with Gasteiger partial charge in [0.2, 0.25) is 0 Å². The number of hydrogen-bond donors (Lipinski definition) is 0. The van der Waals surface area contributed by atoms with E-state index in [1.165, 1.54) is 0 Å². The van der Waals surface area contributed by atoms with Crippen molar-refractivity contribution in [3.63, 3.8) is 0 Å². The van der Waals surface area contributed by atoms with E-state index in [2.05, 4.69) is 42.1 Å². The number of rotatable bonds is 4. The summed E-state index contributed by atoms with van der Waals surface area (Å²) >= 11 is 0. The third-order valence-electron chi connectivity index (χ3n) is 5.10. The van der Waals surface area contributed by atoms with Gasteiger partial charge in [-0.25, -0.2) is 4.68 Å². The summed E-state index contributed by atoms with van der Waals surface area (Å²) in [5, 5.41) is 17.5. The Balaban J connectivity index is 1.29. The summed E-state index contributed by atoms with van der Waals surface area (Å²) in [7, 11) is 0. The van der Waals surface area contributed by atoms with Crippen LogP contribution < -0.4 is 0 Å². The number of nitrogens with zero attached hydrogens (tertiary/aromatic N) is 7. The molecule has 0 N–H and O–H groups in total. The Morgan fingerprint density at radius 3 is 2.39 bits per heavy atom. The lowest BCUT2D eigenvalue weighted by Crippen LogP contribution is -2.26. The summed E-state index contributed by atoms with van der Waals surface area (Å²) in [6, 6.07) is 20.3. The monoisotopic (exact) mass is 371 g/mol. The van der Waals surface area contributed by atoms with Crippen LogP contribution in [0.25, 0.3) is 17.1 Å². The van der Waals surface area contributed by atoms with Crippen molar-refractivity contribution in [2.45, 2.75) is 19.5 Å². The van der Waals surface area contributed by atoms with Crippen LogP contribution in [0.3, 0.4) is 0 Å². The molecule has 1 aliphatic rings. The summed E-state index contributed by atoms with van der Waals surface area (Å²) in [5.74, 6) is 2.00. The highest BCUT2D eigenvalue weighted by molar-refractivity contribution is 5.55. The molecule has 0 unspecified atom stereocenters. The first-order chi connectivity index (χ1) is 13.9. The molecule has 1 aliphatic heterocycles. The van der Waals surface area contributed by atoms with E-state index in [9.17, 15) is 0 Å². The summed E-state index contributed by atoms with van der Waals surface area (Å²) in [6.07, 6.45) is 2.89. The molecule has 0 aliphatic carbocycles. The molecule has 28 heavy (non-hydrogen) atoms. The fraction of sp³-hybridized carbons (Fsp3) is 0.238. The highest BCUT2D eigenvalue weighted by Crippen LogP contribution is 2.20. The maximum atomic E-state index is 4.43. The number of fused-ring (bicyclic) bond motifs is 1. The van der Waals surface area contributed by atoms with Gasteiger partial charge >= 0.3 is 0 Å². The van der Waals surface area contributed by atoms with E-state index < -0.39 is 0 Å². The first-order valence-electron chi connectivity index (χ1n) is 9.53. The zero-order chi connectivity index (χ0) is 18.8. The minimum absolute atomic E-state index is 0.783. The second kappa shape index (κ2) is 7.36. The molecule has 5 rings (SSSR count). The molecule has 0 spiro atoms. The molecule has 0 bridgehead atoms. The smallest absolute Gasteiger partial charge is 0.164 e. The molecule has 0 atom stereocenters. The van der Waals surface area contributed by atoms with Crippen molar-refractivity contribution in [1.29, 1.82) is 0 Å². The van der Waals surface area contributed by atoms with Gasteiger partial charge in [-0.1, -0.05) is 53.7 Å². The maximum Gasteiger partial charge on any atom is 0.164 e. The predicted molar refractivity (Wildman–Crippen MR) is 106 cm³/mol. The van der Waals surface area contributed by atoms with Gasteiger partial charge in [0.1, 0.15) is 5.82 Å². The van der Waals surface area contributed by atoms with Crippen LogP contribution in [0.4, 0.5) is 0 Å². The summed E-state index contributed by atoms with van der Waals surface area (Å²) < 4.78 is 4.08. The van der Waals surface area contributed by atoms with Crippen molar-refractivity contribution in [3.8, 4) is 17.1 Å². The number of para-hydroxylation sites is 1. The molecule has 2 aromatic carbocycles. The zero-order valence-electron chi connectivity index (χ0n) is 15.5. The molecule has 4 aromatic rings. The summed E-state index contributed by atoms with van der Waals surface area (Å²) in [6.45, 7) is 3.53. The average molecular weight is 371 g/mol. The number of benzene rings is 2. The van der Waals surface area contributed by atoms with E-state index >= 15 is 0 Å². The summed E-state index contributed by atoms with van der Waals surface area (Å²) in [4.78, 5) is 2.41. The van der Waals surface area contributed by atoms with Crippen LogP contribution in [0, 0.1) is 0 Å². The van der Waals surface area contributed by atoms with Crippen molar-refractivity contribution < 1.29 is 0 Å². The Morgan fingerprint density at radius 2 is 1.57 bits per heavy atom. The lowest BCUT2D eigenvalue weighted by molar-refractivity contribution is 0.268. The predicted octanol–water partition coefficient (Wildman–Crippen LogP) is 2.58. The van der Waals surface area contributed by atoms with E-state index in [1.807, 2.05) is 59.4 Å². The molecule has 7 nitrogen and oxygen atoms in total. The van der Waals surface area contributed by atoms with Crippen LogP contribution in [0.2, 0.25) is 0 Å². The van der Waals surface area contributed by atoms with Crippen LogP contribution in [-0.4, -0.2) is 47.7 Å². The third kappa shape index (κ3) is 3.32. The topological polar surface area (TPSA) is 64.7 Å². The number of hydrogen-bond acceptors (Lipinski definition) is 5. The van der Waals surface area contributed by atoms with Crippen molar-refractivity contribution in [3.05, 3.63) is 78.4 Å². The molecule has 0 radical (unpaired) electrons. The van der Waals surface area contributed by atoms with Gasteiger partial charge in [0.05, 0.1) is 17.6 Å². The van der Waals surface area contributed by atoms with Crippen LogP contribution in [0.15, 0.2) is 66.9 Å². The average Bonchev–Trinajstić information content (AvgIpc) is 3.33. The lowest BCUT2D eigenvalue weighted by atomic mass is 10.2. The second-order valence-electron chi connectivity index (χ2n) is 6.97.